The van der Waals surface area contributed by atoms with E-state index >= 15 is 0 Å². The molecule has 216 valence electrons. The number of thioether (sulfide) groups is 1. The molecule has 7 nitrogen and oxygen atoms in total. The van der Waals surface area contributed by atoms with Crippen LogP contribution in [0, 0.1) is 11.6 Å². The van der Waals surface area contributed by atoms with Crippen molar-refractivity contribution in [2.24, 2.45) is 0 Å². The first-order valence-electron chi connectivity index (χ1n) is 13.4. The van der Waals surface area contributed by atoms with Gasteiger partial charge in [-0.1, -0.05) is 73.2 Å². The smallest absolute Gasteiger partial charge is 0.301 e. The predicted octanol–water partition coefficient (Wildman–Crippen LogP) is 7.30. The van der Waals surface area contributed by atoms with Gasteiger partial charge in [0.2, 0.25) is 5.13 Å². The van der Waals surface area contributed by atoms with Gasteiger partial charge in [-0.2, -0.15) is 0 Å². The van der Waals surface area contributed by atoms with Crippen LogP contribution in [0.2, 0.25) is 0 Å². The molecule has 4 aromatic rings. The van der Waals surface area contributed by atoms with Crippen molar-refractivity contribution in [3.8, 4) is 5.75 Å². The number of amides is 1. The number of ketones is 1. The summed E-state index contributed by atoms with van der Waals surface area (Å²) in [5.41, 5.74) is 1.03. The first kappa shape index (κ1) is 29.4. The maximum absolute atomic E-state index is 14.1. The van der Waals surface area contributed by atoms with Crippen LogP contribution in [-0.2, 0) is 15.3 Å². The summed E-state index contributed by atoms with van der Waals surface area (Å²) in [6.07, 6.45) is 2.94. The van der Waals surface area contributed by atoms with Crippen LogP contribution in [0.15, 0.2) is 82.7 Å². The van der Waals surface area contributed by atoms with E-state index < -0.39 is 29.3 Å². The molecule has 1 amide bonds. The number of halogens is 2. The van der Waals surface area contributed by atoms with Crippen molar-refractivity contribution in [2.75, 3.05) is 11.5 Å². The average Bonchev–Trinajstić information content (AvgIpc) is 3.57. The Balaban J connectivity index is 1.52. The molecule has 1 unspecified atom stereocenters. The number of hydrogen-bond acceptors (Lipinski definition) is 8. The second-order valence-electron chi connectivity index (χ2n) is 9.53. The minimum absolute atomic E-state index is 0.144. The van der Waals surface area contributed by atoms with Gasteiger partial charge in [0, 0.05) is 11.3 Å². The quantitative estimate of drug-likeness (QED) is 0.0478. The number of benzene rings is 3. The van der Waals surface area contributed by atoms with Gasteiger partial charge in [0.25, 0.3) is 5.78 Å². The highest BCUT2D eigenvalue weighted by atomic mass is 32.2. The molecule has 0 radical (unpaired) electrons. The molecular formula is C31H27F2N3O4S2. The maximum atomic E-state index is 14.1. The molecule has 0 spiro atoms. The lowest BCUT2D eigenvalue weighted by molar-refractivity contribution is -0.132. The topological polar surface area (TPSA) is 92.6 Å². The summed E-state index contributed by atoms with van der Waals surface area (Å²) in [5.74, 6) is -2.23. The number of ether oxygens (including phenoxy) is 1. The second-order valence-corrected chi connectivity index (χ2v) is 11.7. The van der Waals surface area contributed by atoms with Gasteiger partial charge in [0.05, 0.1) is 18.2 Å². The van der Waals surface area contributed by atoms with Crippen molar-refractivity contribution in [3.63, 3.8) is 0 Å². The highest BCUT2D eigenvalue weighted by Gasteiger charge is 2.48. The zero-order chi connectivity index (χ0) is 29.6. The molecule has 0 aliphatic carbocycles. The fraction of sp³-hybridized carbons (Fsp3) is 0.226. The van der Waals surface area contributed by atoms with E-state index in [9.17, 15) is 23.5 Å². The maximum Gasteiger partial charge on any atom is 0.301 e. The van der Waals surface area contributed by atoms with Crippen LogP contribution in [0.4, 0.5) is 13.9 Å². The molecular weight excluding hydrogens is 580 g/mol. The van der Waals surface area contributed by atoms with Crippen LogP contribution in [0.3, 0.4) is 0 Å². The fourth-order valence-electron chi connectivity index (χ4n) is 4.54. The molecule has 1 N–H and O–H groups in total. The van der Waals surface area contributed by atoms with Crippen molar-refractivity contribution in [2.45, 2.75) is 42.3 Å². The number of Topliss-reactive ketones (excluding diaryl/α,β-unsaturated/α-hetero) is 1. The molecule has 3 aromatic carbocycles. The lowest BCUT2D eigenvalue weighted by Gasteiger charge is -2.23. The van der Waals surface area contributed by atoms with Crippen molar-refractivity contribution in [3.05, 3.63) is 107 Å². The minimum atomic E-state index is -1.05. The summed E-state index contributed by atoms with van der Waals surface area (Å²) in [6.45, 7) is 2.61. The van der Waals surface area contributed by atoms with Crippen LogP contribution >= 0.6 is 23.1 Å². The van der Waals surface area contributed by atoms with Crippen LogP contribution in [0.5, 0.6) is 5.75 Å². The third kappa shape index (κ3) is 6.37. The van der Waals surface area contributed by atoms with Crippen LogP contribution in [-0.4, -0.2) is 33.6 Å². The summed E-state index contributed by atoms with van der Waals surface area (Å²) in [6, 6.07) is 17.3. The molecule has 0 bridgehead atoms. The molecule has 1 aliphatic rings. The summed E-state index contributed by atoms with van der Waals surface area (Å²) in [4.78, 5) is 28.1. The predicted molar refractivity (Wildman–Crippen MR) is 159 cm³/mol. The lowest BCUT2D eigenvalue weighted by Crippen LogP contribution is -2.29. The highest BCUT2D eigenvalue weighted by molar-refractivity contribution is 8.00. The largest absolute Gasteiger partial charge is 0.507 e. The summed E-state index contributed by atoms with van der Waals surface area (Å²) in [5, 5.41) is 19.8. The molecule has 0 saturated carbocycles. The highest BCUT2D eigenvalue weighted by Crippen LogP contribution is 2.44. The zero-order valence-electron chi connectivity index (χ0n) is 22.6. The molecule has 2 heterocycles. The van der Waals surface area contributed by atoms with Crippen molar-refractivity contribution in [1.82, 2.24) is 10.2 Å². The van der Waals surface area contributed by atoms with E-state index in [4.69, 9.17) is 4.74 Å². The van der Waals surface area contributed by atoms with Gasteiger partial charge in [0.1, 0.15) is 23.1 Å². The minimum Gasteiger partial charge on any atom is -0.507 e. The van der Waals surface area contributed by atoms with Crippen molar-refractivity contribution in [1.29, 1.82) is 0 Å². The van der Waals surface area contributed by atoms with E-state index in [1.54, 1.807) is 42.5 Å². The van der Waals surface area contributed by atoms with Crippen LogP contribution in [0.25, 0.3) is 5.76 Å². The number of aromatic nitrogens is 2. The Kier molecular flexibility index (Phi) is 9.28. The number of anilines is 1. The molecule has 42 heavy (non-hydrogen) atoms. The normalized spacial score (nSPS) is 16.3. The monoisotopic (exact) mass is 607 g/mol. The van der Waals surface area contributed by atoms with E-state index in [0.717, 1.165) is 42.7 Å². The van der Waals surface area contributed by atoms with Crippen LogP contribution in [0.1, 0.15) is 48.9 Å². The molecule has 11 heteroatoms. The Hall–Kier alpha value is -4.09. The van der Waals surface area contributed by atoms with E-state index in [-0.39, 0.29) is 22.1 Å². The Morgan fingerprint density at radius 1 is 1.02 bits per heavy atom. The van der Waals surface area contributed by atoms with E-state index in [0.29, 0.717) is 33.6 Å². The van der Waals surface area contributed by atoms with E-state index in [1.807, 2.05) is 0 Å². The molecule has 1 fully saturated rings. The van der Waals surface area contributed by atoms with E-state index in [1.165, 1.54) is 34.9 Å². The molecule has 1 atom stereocenters. The van der Waals surface area contributed by atoms with Gasteiger partial charge >= 0.3 is 5.91 Å². The Morgan fingerprint density at radius 2 is 1.81 bits per heavy atom. The second kappa shape index (κ2) is 13.3. The number of nitrogens with zero attached hydrogens (tertiary/aromatic N) is 3. The zero-order valence-corrected chi connectivity index (χ0v) is 24.3. The molecule has 5 rings (SSSR count). The lowest BCUT2D eigenvalue weighted by atomic mass is 9.95. The number of unbranched alkanes of at least 4 members (excludes halogenated alkanes) is 2. The van der Waals surface area contributed by atoms with E-state index in [2.05, 4.69) is 17.1 Å². The fourth-order valence-corrected chi connectivity index (χ4v) is 6.39. The SMILES string of the molecule is CCCCCOc1cccc(C2C(=C(O)c3ccc(F)cc3)C(=O)C(=O)N2c2nnc(SCc3ccccc3F)s2)c1. The Morgan fingerprint density at radius 3 is 2.57 bits per heavy atom. The van der Waals surface area contributed by atoms with Gasteiger partial charge in [-0.15, -0.1) is 10.2 Å². The van der Waals surface area contributed by atoms with Gasteiger partial charge in [-0.05, 0) is 60.0 Å². The first-order chi connectivity index (χ1) is 20.4. The number of carbonyl (C=O) groups excluding carboxylic acids is 2. The standard InChI is InChI=1S/C31H27F2N3O4S2/c1-2-3-6-16-40-23-10-7-9-20(17-23)26-25(27(37)19-12-14-22(32)15-13-19)28(38)29(39)36(26)30-34-35-31(42-30)41-18-21-8-4-5-11-24(21)33/h4-5,7-15,17,26,37H,2-3,6,16,18H2,1H3. The van der Waals surface area contributed by atoms with Crippen molar-refractivity contribution >= 4 is 45.7 Å². The average molecular weight is 608 g/mol. The summed E-state index contributed by atoms with van der Waals surface area (Å²) in [7, 11) is 0. The third-order valence-electron chi connectivity index (χ3n) is 6.66. The van der Waals surface area contributed by atoms with Gasteiger partial charge in [-0.3, -0.25) is 14.5 Å². The number of hydrogen-bond donors (Lipinski definition) is 1. The number of carbonyl (C=O) groups is 2. The Bertz CT molecular complexity index is 1620. The van der Waals surface area contributed by atoms with Crippen molar-refractivity contribution < 1.29 is 28.2 Å². The van der Waals surface area contributed by atoms with Gasteiger partial charge in [0.15, 0.2) is 4.34 Å². The molecule has 1 saturated heterocycles. The Labute approximate surface area is 249 Å². The number of aliphatic hydroxyl groups is 1. The summed E-state index contributed by atoms with van der Waals surface area (Å²) < 4.78 is 34.1. The van der Waals surface area contributed by atoms with Crippen LogP contribution < -0.4 is 9.64 Å². The molecule has 1 aliphatic heterocycles. The summed E-state index contributed by atoms with van der Waals surface area (Å²) >= 11 is 2.33. The number of rotatable bonds is 11. The number of aliphatic hydroxyl groups excluding tert-OH is 1. The molecule has 1 aromatic heterocycles. The first-order valence-corrected chi connectivity index (χ1v) is 15.2. The third-order valence-corrected chi connectivity index (χ3v) is 8.77. The van der Waals surface area contributed by atoms with Gasteiger partial charge < -0.3 is 9.84 Å². The van der Waals surface area contributed by atoms with Gasteiger partial charge in [-0.25, -0.2) is 8.78 Å².